The molecule has 3 rings (SSSR count). The maximum Gasteiger partial charge on any atom is 0.133 e. The van der Waals surface area contributed by atoms with Gasteiger partial charge in [-0.3, -0.25) is 0 Å². The molecule has 140 valence electrons. The second kappa shape index (κ2) is 9.12. The zero-order valence-corrected chi connectivity index (χ0v) is 17.0. The largest absolute Gasteiger partial charge is 0.497 e. The second-order valence-corrected chi connectivity index (χ2v) is 7.11. The molecule has 0 N–H and O–H groups in total. The van der Waals surface area contributed by atoms with E-state index < -0.39 is 0 Å². The molecule has 0 fully saturated rings. The quantitative estimate of drug-likeness (QED) is 0.434. The Balaban J connectivity index is 1.92. The molecular formula is C22H22Cl2N2O. The van der Waals surface area contributed by atoms with Crippen LogP contribution in [0.1, 0.15) is 31.2 Å². The van der Waals surface area contributed by atoms with E-state index in [1.54, 1.807) is 13.2 Å². The zero-order chi connectivity index (χ0) is 19.2. The fraction of sp³-hybridized carbons (Fsp3) is 0.227. The van der Waals surface area contributed by atoms with Gasteiger partial charge in [0.05, 0.1) is 17.8 Å². The van der Waals surface area contributed by atoms with E-state index in [2.05, 4.69) is 23.8 Å². The molecule has 27 heavy (non-hydrogen) atoms. The molecule has 0 aliphatic heterocycles. The van der Waals surface area contributed by atoms with E-state index in [-0.39, 0.29) is 0 Å². The minimum atomic E-state index is 0.605. The summed E-state index contributed by atoms with van der Waals surface area (Å²) in [6.07, 6.45) is 8.35. The van der Waals surface area contributed by atoms with E-state index in [1.165, 1.54) is 0 Å². The summed E-state index contributed by atoms with van der Waals surface area (Å²) in [5, 5.41) is 1.22. The molecule has 3 nitrogen and oxygen atoms in total. The number of unbranched alkanes of at least 4 members (excludes halogenated alkanes) is 1. The molecule has 0 bridgehead atoms. The summed E-state index contributed by atoms with van der Waals surface area (Å²) in [6, 6.07) is 13.4. The molecule has 3 aromatic rings. The van der Waals surface area contributed by atoms with Gasteiger partial charge in [-0.1, -0.05) is 54.8 Å². The lowest BCUT2D eigenvalue weighted by Crippen LogP contribution is -1.98. The van der Waals surface area contributed by atoms with Crippen LogP contribution in [0.4, 0.5) is 0 Å². The van der Waals surface area contributed by atoms with Gasteiger partial charge in [-0.15, -0.1) is 0 Å². The highest BCUT2D eigenvalue weighted by molar-refractivity contribution is 6.36. The van der Waals surface area contributed by atoms with E-state index in [4.69, 9.17) is 32.9 Å². The summed E-state index contributed by atoms with van der Waals surface area (Å²) < 4.78 is 7.38. The molecule has 0 aliphatic rings. The van der Waals surface area contributed by atoms with Crippen molar-refractivity contribution in [2.75, 3.05) is 7.11 Å². The predicted molar refractivity (Wildman–Crippen MR) is 115 cm³/mol. The Morgan fingerprint density at radius 2 is 1.85 bits per heavy atom. The number of hydrogen-bond donors (Lipinski definition) is 0. The number of nitrogens with zero attached hydrogens (tertiary/aromatic N) is 2. The van der Waals surface area contributed by atoms with Crippen LogP contribution in [0.3, 0.4) is 0 Å². The third kappa shape index (κ3) is 4.94. The van der Waals surface area contributed by atoms with Crippen LogP contribution in [0, 0.1) is 0 Å². The number of aryl methyl sites for hydroxylation is 1. The monoisotopic (exact) mass is 400 g/mol. The summed E-state index contributed by atoms with van der Waals surface area (Å²) in [5.74, 6) is 1.75. The van der Waals surface area contributed by atoms with E-state index in [9.17, 15) is 0 Å². The fourth-order valence-electron chi connectivity index (χ4n) is 2.78. The first-order chi connectivity index (χ1) is 13.1. The standard InChI is InChI=1S/C22H22Cl2N2O/c1-3-4-13-26-15-21(19-11-8-17(23)14-20(19)24)25-22(26)12-7-16-5-9-18(27-2)10-6-16/h5-12,14-15H,3-4,13H2,1-2H3/b12-7+. The Hall–Kier alpha value is -2.23. The summed E-state index contributed by atoms with van der Waals surface area (Å²) in [6.45, 7) is 3.10. The topological polar surface area (TPSA) is 27.1 Å². The fourth-order valence-corrected chi connectivity index (χ4v) is 3.29. The number of aromatic nitrogens is 2. The molecule has 0 saturated heterocycles. The van der Waals surface area contributed by atoms with Gasteiger partial charge in [0.15, 0.2) is 0 Å². The van der Waals surface area contributed by atoms with Crippen molar-refractivity contribution in [1.82, 2.24) is 9.55 Å². The van der Waals surface area contributed by atoms with Crippen LogP contribution in [0.2, 0.25) is 10.0 Å². The molecule has 0 unspecified atom stereocenters. The van der Waals surface area contributed by atoms with Crippen molar-refractivity contribution in [2.45, 2.75) is 26.3 Å². The van der Waals surface area contributed by atoms with Crippen LogP contribution in [0.5, 0.6) is 5.75 Å². The Bertz CT molecular complexity index is 930. The van der Waals surface area contributed by atoms with E-state index >= 15 is 0 Å². The van der Waals surface area contributed by atoms with Crippen molar-refractivity contribution in [3.63, 3.8) is 0 Å². The SMILES string of the molecule is CCCCn1cc(-c2ccc(Cl)cc2Cl)nc1/C=C/c1ccc(OC)cc1. The van der Waals surface area contributed by atoms with Gasteiger partial charge in [0.25, 0.3) is 0 Å². The third-order valence-corrected chi connectivity index (χ3v) is 4.86. The molecule has 0 radical (unpaired) electrons. The van der Waals surface area contributed by atoms with Gasteiger partial charge >= 0.3 is 0 Å². The lowest BCUT2D eigenvalue weighted by atomic mass is 10.2. The molecule has 0 atom stereocenters. The van der Waals surface area contributed by atoms with E-state index in [0.29, 0.717) is 10.0 Å². The lowest BCUT2D eigenvalue weighted by Gasteiger charge is -2.03. The Labute approximate surface area is 170 Å². The van der Waals surface area contributed by atoms with Crippen LogP contribution in [-0.2, 0) is 6.54 Å². The number of imidazole rings is 1. The summed E-state index contributed by atoms with van der Waals surface area (Å²) in [4.78, 5) is 4.80. The van der Waals surface area contributed by atoms with Crippen molar-refractivity contribution in [3.05, 3.63) is 70.1 Å². The Kier molecular flexibility index (Phi) is 6.59. The molecule has 2 aromatic carbocycles. The maximum atomic E-state index is 6.37. The van der Waals surface area contributed by atoms with Gasteiger partial charge in [-0.25, -0.2) is 4.98 Å². The van der Waals surface area contributed by atoms with Gasteiger partial charge in [-0.2, -0.15) is 0 Å². The van der Waals surface area contributed by atoms with E-state index in [0.717, 1.165) is 47.8 Å². The molecule has 5 heteroatoms. The van der Waals surface area contributed by atoms with Crippen molar-refractivity contribution in [1.29, 1.82) is 0 Å². The van der Waals surface area contributed by atoms with Gasteiger partial charge in [-0.05, 0) is 48.4 Å². The Morgan fingerprint density at radius 1 is 1.07 bits per heavy atom. The Morgan fingerprint density at radius 3 is 2.52 bits per heavy atom. The summed E-state index contributed by atoms with van der Waals surface area (Å²) in [5.41, 5.74) is 2.82. The minimum absolute atomic E-state index is 0.605. The van der Waals surface area contributed by atoms with Crippen LogP contribution in [0.25, 0.3) is 23.4 Å². The summed E-state index contributed by atoms with van der Waals surface area (Å²) >= 11 is 12.4. The van der Waals surface area contributed by atoms with Gasteiger partial charge < -0.3 is 9.30 Å². The number of halogens is 2. The highest BCUT2D eigenvalue weighted by Gasteiger charge is 2.11. The second-order valence-electron chi connectivity index (χ2n) is 6.26. The van der Waals surface area contributed by atoms with Crippen molar-refractivity contribution in [3.8, 4) is 17.0 Å². The number of ether oxygens (including phenoxy) is 1. The van der Waals surface area contributed by atoms with Crippen LogP contribution in [0.15, 0.2) is 48.7 Å². The van der Waals surface area contributed by atoms with Gasteiger partial charge in [0, 0.05) is 23.3 Å². The lowest BCUT2D eigenvalue weighted by molar-refractivity contribution is 0.415. The van der Waals surface area contributed by atoms with Crippen molar-refractivity contribution in [2.24, 2.45) is 0 Å². The van der Waals surface area contributed by atoms with Crippen LogP contribution in [-0.4, -0.2) is 16.7 Å². The zero-order valence-electron chi connectivity index (χ0n) is 15.5. The molecule has 1 heterocycles. The summed E-state index contributed by atoms with van der Waals surface area (Å²) in [7, 11) is 1.67. The molecule has 0 spiro atoms. The highest BCUT2D eigenvalue weighted by atomic mass is 35.5. The number of rotatable bonds is 7. The number of benzene rings is 2. The third-order valence-electron chi connectivity index (χ3n) is 4.31. The molecule has 1 aromatic heterocycles. The minimum Gasteiger partial charge on any atom is -0.497 e. The van der Waals surface area contributed by atoms with Crippen LogP contribution >= 0.6 is 23.2 Å². The number of hydrogen-bond acceptors (Lipinski definition) is 2. The predicted octanol–water partition coefficient (Wildman–Crippen LogP) is 6.84. The van der Waals surface area contributed by atoms with E-state index in [1.807, 2.05) is 42.5 Å². The average Bonchev–Trinajstić information content (AvgIpc) is 3.07. The first kappa shape index (κ1) is 19.5. The number of methoxy groups -OCH3 is 1. The van der Waals surface area contributed by atoms with Crippen LogP contribution < -0.4 is 4.74 Å². The van der Waals surface area contributed by atoms with Crippen molar-refractivity contribution >= 4 is 35.4 Å². The molecule has 0 saturated carbocycles. The smallest absolute Gasteiger partial charge is 0.133 e. The normalized spacial score (nSPS) is 11.3. The highest BCUT2D eigenvalue weighted by Crippen LogP contribution is 2.30. The van der Waals surface area contributed by atoms with Gasteiger partial charge in [0.2, 0.25) is 0 Å². The first-order valence-corrected chi connectivity index (χ1v) is 9.71. The van der Waals surface area contributed by atoms with Crippen molar-refractivity contribution < 1.29 is 4.74 Å². The van der Waals surface area contributed by atoms with Gasteiger partial charge in [0.1, 0.15) is 11.6 Å². The molecule has 0 amide bonds. The average molecular weight is 401 g/mol. The first-order valence-electron chi connectivity index (χ1n) is 8.95. The molecule has 0 aliphatic carbocycles. The maximum absolute atomic E-state index is 6.37. The molecular weight excluding hydrogens is 379 g/mol.